The molecule has 0 radical (unpaired) electrons. The highest BCUT2D eigenvalue weighted by Crippen LogP contribution is 2.19. The van der Waals surface area contributed by atoms with Crippen LogP contribution in [0.25, 0.3) is 0 Å². The quantitative estimate of drug-likeness (QED) is 0.769. The summed E-state index contributed by atoms with van der Waals surface area (Å²) in [6.07, 6.45) is 0. The summed E-state index contributed by atoms with van der Waals surface area (Å²) in [4.78, 5) is 17.7. The summed E-state index contributed by atoms with van der Waals surface area (Å²) in [5, 5.41) is 3.72. The average Bonchev–Trinajstić information content (AvgIpc) is 2.94. The maximum absolute atomic E-state index is 6.00. The van der Waals surface area contributed by atoms with E-state index in [4.69, 9.17) is 21.3 Å². The molecule has 1 fully saturated rings. The van der Waals surface area contributed by atoms with Crippen LogP contribution in [0.2, 0.25) is 5.15 Å². The van der Waals surface area contributed by atoms with Crippen molar-refractivity contribution in [1.82, 2.24) is 19.9 Å². The maximum Gasteiger partial charge on any atom is 0.134 e. The summed E-state index contributed by atoms with van der Waals surface area (Å²) < 4.78 is 5.38. The number of hydrogen-bond donors (Lipinski definition) is 0. The fourth-order valence-corrected chi connectivity index (χ4v) is 3.53. The highest BCUT2D eigenvalue weighted by Gasteiger charge is 2.14. The molecule has 0 saturated carbocycles. The van der Waals surface area contributed by atoms with E-state index in [2.05, 4.69) is 20.2 Å². The predicted molar refractivity (Wildman–Crippen MR) is 92.1 cm³/mol. The molecule has 124 valence electrons. The second kappa shape index (κ2) is 7.53. The van der Waals surface area contributed by atoms with Crippen LogP contribution in [0, 0.1) is 6.92 Å². The zero-order valence-electron chi connectivity index (χ0n) is 13.3. The molecule has 2 aromatic heterocycles. The van der Waals surface area contributed by atoms with Crippen molar-refractivity contribution >= 4 is 28.8 Å². The number of ether oxygens (including phenoxy) is 1. The molecule has 3 heterocycles. The summed E-state index contributed by atoms with van der Waals surface area (Å²) in [5.41, 5.74) is 1.05. The predicted octanol–water partition coefficient (Wildman–Crippen LogP) is 2.36. The minimum atomic E-state index is 0.464. The Balaban J connectivity index is 1.61. The minimum Gasteiger partial charge on any atom is -0.379 e. The van der Waals surface area contributed by atoms with E-state index >= 15 is 0 Å². The number of nitrogens with zero attached hydrogens (tertiary/aromatic N) is 5. The van der Waals surface area contributed by atoms with E-state index in [1.807, 2.05) is 18.9 Å². The Morgan fingerprint density at radius 2 is 2.09 bits per heavy atom. The molecule has 1 saturated heterocycles. The van der Waals surface area contributed by atoms with Gasteiger partial charge in [0.15, 0.2) is 0 Å². The van der Waals surface area contributed by atoms with Gasteiger partial charge in [-0.15, -0.1) is 11.3 Å². The minimum absolute atomic E-state index is 0.464. The second-order valence-electron chi connectivity index (χ2n) is 5.57. The first-order chi connectivity index (χ1) is 11.1. The van der Waals surface area contributed by atoms with Crippen molar-refractivity contribution < 1.29 is 4.74 Å². The molecule has 8 heteroatoms. The molecule has 1 aliphatic rings. The Morgan fingerprint density at radius 3 is 2.83 bits per heavy atom. The Morgan fingerprint density at radius 1 is 1.30 bits per heavy atom. The van der Waals surface area contributed by atoms with Crippen LogP contribution in [0.1, 0.15) is 16.5 Å². The monoisotopic (exact) mass is 353 g/mol. The molecule has 1 aliphatic heterocycles. The highest BCUT2D eigenvalue weighted by molar-refractivity contribution is 7.09. The van der Waals surface area contributed by atoms with Gasteiger partial charge >= 0.3 is 0 Å². The van der Waals surface area contributed by atoms with Crippen LogP contribution < -0.4 is 4.90 Å². The lowest BCUT2D eigenvalue weighted by Crippen LogP contribution is -2.35. The average molecular weight is 354 g/mol. The smallest absolute Gasteiger partial charge is 0.134 e. The van der Waals surface area contributed by atoms with Gasteiger partial charge in [-0.3, -0.25) is 4.90 Å². The lowest BCUT2D eigenvalue weighted by atomic mass is 10.4. The van der Waals surface area contributed by atoms with Gasteiger partial charge in [0.2, 0.25) is 0 Å². The van der Waals surface area contributed by atoms with E-state index in [9.17, 15) is 0 Å². The van der Waals surface area contributed by atoms with Gasteiger partial charge in [-0.2, -0.15) is 0 Å². The number of halogens is 1. The second-order valence-corrected chi connectivity index (χ2v) is 6.90. The van der Waals surface area contributed by atoms with Crippen molar-refractivity contribution in [3.05, 3.63) is 33.1 Å². The van der Waals surface area contributed by atoms with Gasteiger partial charge in [-0.1, -0.05) is 11.6 Å². The molecule has 2 aromatic rings. The van der Waals surface area contributed by atoms with Crippen molar-refractivity contribution in [3.8, 4) is 0 Å². The lowest BCUT2D eigenvalue weighted by molar-refractivity contribution is 0.0341. The van der Waals surface area contributed by atoms with Crippen LogP contribution in [0.4, 0.5) is 5.82 Å². The molecule has 0 amide bonds. The van der Waals surface area contributed by atoms with Gasteiger partial charge in [-0.25, -0.2) is 15.0 Å². The molecule has 0 spiro atoms. The largest absolute Gasteiger partial charge is 0.379 e. The Bertz CT molecular complexity index is 639. The number of morpholine rings is 1. The van der Waals surface area contributed by atoms with Crippen LogP contribution in [0.15, 0.2) is 11.4 Å². The fraction of sp³-hybridized carbons (Fsp3) is 0.533. The number of aryl methyl sites for hydroxylation is 1. The summed E-state index contributed by atoms with van der Waals surface area (Å²) >= 11 is 7.71. The molecule has 23 heavy (non-hydrogen) atoms. The van der Waals surface area contributed by atoms with Crippen molar-refractivity contribution in [2.75, 3.05) is 38.3 Å². The Labute approximate surface area is 145 Å². The molecule has 0 unspecified atom stereocenters. The summed E-state index contributed by atoms with van der Waals surface area (Å²) in [6.45, 7) is 7.03. The third-order valence-electron chi connectivity index (χ3n) is 3.65. The van der Waals surface area contributed by atoms with Gasteiger partial charge in [0.25, 0.3) is 0 Å². The number of thiazole rings is 1. The molecule has 3 rings (SSSR count). The lowest BCUT2D eigenvalue weighted by Gasteiger charge is -2.25. The van der Waals surface area contributed by atoms with Gasteiger partial charge < -0.3 is 9.64 Å². The molecule has 0 atom stereocenters. The van der Waals surface area contributed by atoms with Crippen LogP contribution in [-0.2, 0) is 17.8 Å². The molecule has 0 aromatic carbocycles. The summed E-state index contributed by atoms with van der Waals surface area (Å²) in [7, 11) is 1.99. The first-order valence-electron chi connectivity index (χ1n) is 7.56. The van der Waals surface area contributed by atoms with E-state index in [0.717, 1.165) is 49.4 Å². The molecule has 0 bridgehead atoms. The van der Waals surface area contributed by atoms with E-state index in [1.54, 1.807) is 17.4 Å². The van der Waals surface area contributed by atoms with Crippen LogP contribution >= 0.6 is 22.9 Å². The SMILES string of the molecule is Cc1nc(Cl)cc(N(C)Cc2csc(CN3CCOCC3)n2)n1. The normalized spacial score (nSPS) is 15.8. The number of anilines is 1. The summed E-state index contributed by atoms with van der Waals surface area (Å²) in [5.74, 6) is 1.48. The third-order valence-corrected chi connectivity index (χ3v) is 4.72. The zero-order chi connectivity index (χ0) is 16.2. The number of rotatable bonds is 5. The molecule has 0 N–H and O–H groups in total. The van der Waals surface area contributed by atoms with Crippen molar-refractivity contribution in [3.63, 3.8) is 0 Å². The summed E-state index contributed by atoms with van der Waals surface area (Å²) in [6, 6.07) is 1.77. The molecular weight excluding hydrogens is 334 g/mol. The van der Waals surface area contributed by atoms with Gasteiger partial charge in [-0.05, 0) is 6.92 Å². The Hall–Kier alpha value is -1.28. The van der Waals surface area contributed by atoms with Gasteiger partial charge in [0.05, 0.1) is 32.0 Å². The highest BCUT2D eigenvalue weighted by atomic mass is 35.5. The van der Waals surface area contributed by atoms with Crippen LogP contribution in [0.5, 0.6) is 0 Å². The topological polar surface area (TPSA) is 54.4 Å². The van der Waals surface area contributed by atoms with Crippen molar-refractivity contribution in [1.29, 1.82) is 0 Å². The first-order valence-corrected chi connectivity index (χ1v) is 8.81. The fourth-order valence-electron chi connectivity index (χ4n) is 2.48. The standard InChI is InChI=1S/C15H20ClN5OS/c1-11-17-13(16)7-14(18-11)20(2)8-12-10-23-15(19-12)9-21-3-5-22-6-4-21/h7,10H,3-6,8-9H2,1-2H3. The maximum atomic E-state index is 6.00. The molecule has 0 aliphatic carbocycles. The molecular formula is C15H20ClN5OS. The van der Waals surface area contributed by atoms with Crippen molar-refractivity contribution in [2.24, 2.45) is 0 Å². The van der Waals surface area contributed by atoms with E-state index < -0.39 is 0 Å². The molecule has 6 nitrogen and oxygen atoms in total. The van der Waals surface area contributed by atoms with Gasteiger partial charge in [0, 0.05) is 31.6 Å². The van der Waals surface area contributed by atoms with Crippen LogP contribution in [0.3, 0.4) is 0 Å². The third kappa shape index (κ3) is 4.60. The first kappa shape index (κ1) is 16.6. The van der Waals surface area contributed by atoms with Crippen molar-refractivity contribution in [2.45, 2.75) is 20.0 Å². The number of aromatic nitrogens is 3. The van der Waals surface area contributed by atoms with Crippen LogP contribution in [-0.4, -0.2) is 53.2 Å². The van der Waals surface area contributed by atoms with E-state index in [1.165, 1.54) is 0 Å². The van der Waals surface area contributed by atoms with Gasteiger partial charge in [0.1, 0.15) is 21.8 Å². The zero-order valence-corrected chi connectivity index (χ0v) is 14.9. The Kier molecular flexibility index (Phi) is 5.42. The van der Waals surface area contributed by atoms with E-state index in [-0.39, 0.29) is 0 Å². The number of hydrogen-bond acceptors (Lipinski definition) is 7. The van der Waals surface area contributed by atoms with E-state index in [0.29, 0.717) is 17.5 Å².